The summed E-state index contributed by atoms with van der Waals surface area (Å²) in [6, 6.07) is 3.62. The van der Waals surface area contributed by atoms with Crippen molar-refractivity contribution in [2.75, 3.05) is 5.32 Å². The summed E-state index contributed by atoms with van der Waals surface area (Å²) in [5.74, 6) is 1.15. The van der Waals surface area contributed by atoms with Crippen molar-refractivity contribution in [1.29, 1.82) is 0 Å². The van der Waals surface area contributed by atoms with Gasteiger partial charge in [-0.25, -0.2) is 4.68 Å². The summed E-state index contributed by atoms with van der Waals surface area (Å²) >= 11 is 1.51. The molecule has 2 heterocycles. The smallest absolute Gasteiger partial charge is 0.257 e. The largest absolute Gasteiger partial charge is 0.307 e. The summed E-state index contributed by atoms with van der Waals surface area (Å²) in [5.41, 5.74) is 0.687. The van der Waals surface area contributed by atoms with Crippen LogP contribution in [-0.2, 0) is 6.54 Å². The quantitative estimate of drug-likeness (QED) is 0.905. The highest BCUT2D eigenvalue weighted by Crippen LogP contribution is 2.12. The van der Waals surface area contributed by atoms with Gasteiger partial charge in [0.2, 0.25) is 0 Å². The van der Waals surface area contributed by atoms with Crippen molar-refractivity contribution in [1.82, 2.24) is 9.78 Å². The van der Waals surface area contributed by atoms with E-state index in [1.165, 1.54) is 11.3 Å². The van der Waals surface area contributed by atoms with E-state index in [2.05, 4.69) is 24.3 Å². The molecule has 0 saturated carbocycles. The second kappa shape index (κ2) is 5.14. The minimum Gasteiger partial charge on any atom is -0.307 e. The topological polar surface area (TPSA) is 46.9 Å². The van der Waals surface area contributed by atoms with Crippen LogP contribution in [0.5, 0.6) is 0 Å². The van der Waals surface area contributed by atoms with Gasteiger partial charge in [-0.05, 0) is 17.4 Å². The van der Waals surface area contributed by atoms with Gasteiger partial charge in [0.1, 0.15) is 5.82 Å². The van der Waals surface area contributed by atoms with Crippen molar-refractivity contribution in [3.05, 3.63) is 34.7 Å². The fourth-order valence-corrected chi connectivity index (χ4v) is 2.15. The predicted octanol–water partition coefficient (Wildman–Crippen LogP) is 2.85. The summed E-state index contributed by atoms with van der Waals surface area (Å²) in [5, 5.41) is 10.8. The molecule has 1 amide bonds. The maximum Gasteiger partial charge on any atom is 0.257 e. The van der Waals surface area contributed by atoms with Gasteiger partial charge in [-0.1, -0.05) is 13.8 Å². The van der Waals surface area contributed by atoms with Gasteiger partial charge in [0.05, 0.1) is 11.8 Å². The lowest BCUT2D eigenvalue weighted by Crippen LogP contribution is -2.16. The van der Waals surface area contributed by atoms with Gasteiger partial charge in [-0.3, -0.25) is 4.79 Å². The fourth-order valence-electron chi connectivity index (χ4n) is 1.51. The minimum atomic E-state index is -0.0863. The Hall–Kier alpha value is -1.62. The highest BCUT2D eigenvalue weighted by Gasteiger charge is 2.10. The third-order valence-corrected chi connectivity index (χ3v) is 2.96. The molecule has 0 aliphatic carbocycles. The Morgan fingerprint density at radius 2 is 2.35 bits per heavy atom. The third-order valence-electron chi connectivity index (χ3n) is 2.28. The van der Waals surface area contributed by atoms with Crippen molar-refractivity contribution in [2.24, 2.45) is 5.92 Å². The molecule has 2 rings (SSSR count). The van der Waals surface area contributed by atoms with Crippen LogP contribution < -0.4 is 5.32 Å². The molecule has 0 bridgehead atoms. The number of hydrogen-bond acceptors (Lipinski definition) is 3. The van der Waals surface area contributed by atoms with Crippen molar-refractivity contribution < 1.29 is 4.79 Å². The van der Waals surface area contributed by atoms with Crippen molar-refractivity contribution in [3.63, 3.8) is 0 Å². The maximum atomic E-state index is 11.9. The second-order valence-corrected chi connectivity index (χ2v) is 5.04. The summed E-state index contributed by atoms with van der Waals surface area (Å²) in [6.07, 6.45) is 1.70. The molecule has 0 aliphatic rings. The number of nitrogens with zero attached hydrogens (tertiary/aromatic N) is 2. The zero-order chi connectivity index (χ0) is 12.3. The molecule has 0 aromatic carbocycles. The van der Waals surface area contributed by atoms with E-state index in [4.69, 9.17) is 0 Å². The van der Waals surface area contributed by atoms with Crippen LogP contribution in [0.3, 0.4) is 0 Å². The first-order valence-electron chi connectivity index (χ1n) is 5.52. The lowest BCUT2D eigenvalue weighted by atomic mass is 10.2. The molecule has 0 aliphatic heterocycles. The van der Waals surface area contributed by atoms with Crippen LogP contribution in [0.4, 0.5) is 5.82 Å². The van der Waals surface area contributed by atoms with Crippen LogP contribution in [0.25, 0.3) is 0 Å². The average molecular weight is 249 g/mol. The molecule has 2 aromatic heterocycles. The van der Waals surface area contributed by atoms with Gasteiger partial charge in [-0.2, -0.15) is 16.4 Å². The maximum absolute atomic E-state index is 11.9. The van der Waals surface area contributed by atoms with E-state index in [-0.39, 0.29) is 5.91 Å². The zero-order valence-electron chi connectivity index (χ0n) is 9.88. The zero-order valence-corrected chi connectivity index (χ0v) is 10.7. The first kappa shape index (κ1) is 11.9. The fraction of sp³-hybridized carbons (Fsp3) is 0.333. The van der Waals surface area contributed by atoms with E-state index >= 15 is 0 Å². The summed E-state index contributed by atoms with van der Waals surface area (Å²) in [7, 11) is 0. The van der Waals surface area contributed by atoms with E-state index in [1.807, 2.05) is 27.6 Å². The normalized spacial score (nSPS) is 10.8. The van der Waals surface area contributed by atoms with Gasteiger partial charge < -0.3 is 5.32 Å². The monoisotopic (exact) mass is 249 g/mol. The number of aromatic nitrogens is 2. The van der Waals surface area contributed by atoms with E-state index in [9.17, 15) is 4.79 Å². The summed E-state index contributed by atoms with van der Waals surface area (Å²) in [4.78, 5) is 11.9. The number of nitrogens with one attached hydrogen (secondary N) is 1. The molecule has 0 fully saturated rings. The van der Waals surface area contributed by atoms with Crippen molar-refractivity contribution in [3.8, 4) is 0 Å². The van der Waals surface area contributed by atoms with Crippen LogP contribution in [-0.4, -0.2) is 15.7 Å². The number of anilines is 1. The lowest BCUT2D eigenvalue weighted by molar-refractivity contribution is 0.102. The molecule has 5 heteroatoms. The highest BCUT2D eigenvalue weighted by molar-refractivity contribution is 7.08. The standard InChI is InChI=1S/C12H15N3OS/c1-9(2)7-15-11(3-5-13-15)14-12(16)10-4-6-17-8-10/h3-6,8-9H,7H2,1-2H3,(H,14,16). The van der Waals surface area contributed by atoms with Gasteiger partial charge in [0, 0.05) is 18.0 Å². The molecule has 17 heavy (non-hydrogen) atoms. The number of hydrogen-bond donors (Lipinski definition) is 1. The Balaban J connectivity index is 2.08. The van der Waals surface area contributed by atoms with Crippen LogP contribution in [0, 0.1) is 5.92 Å². The molecule has 0 unspecified atom stereocenters. The molecule has 90 valence electrons. The van der Waals surface area contributed by atoms with Gasteiger partial charge in [-0.15, -0.1) is 0 Å². The first-order valence-corrected chi connectivity index (χ1v) is 6.46. The van der Waals surface area contributed by atoms with Gasteiger partial charge in [0.15, 0.2) is 0 Å². The number of rotatable bonds is 4. The van der Waals surface area contributed by atoms with E-state index < -0.39 is 0 Å². The first-order chi connectivity index (χ1) is 8.16. The van der Waals surface area contributed by atoms with Crippen LogP contribution >= 0.6 is 11.3 Å². The van der Waals surface area contributed by atoms with E-state index in [1.54, 1.807) is 6.20 Å². The SMILES string of the molecule is CC(C)Cn1nccc1NC(=O)c1ccsc1. The molecular weight excluding hydrogens is 234 g/mol. The van der Waals surface area contributed by atoms with Crippen molar-refractivity contribution >= 4 is 23.1 Å². The molecule has 0 radical (unpaired) electrons. The Kier molecular flexibility index (Phi) is 3.58. The molecular formula is C12H15N3OS. The van der Waals surface area contributed by atoms with Crippen LogP contribution in [0.2, 0.25) is 0 Å². The molecule has 1 N–H and O–H groups in total. The molecule has 4 nitrogen and oxygen atoms in total. The Bertz CT molecular complexity index is 488. The predicted molar refractivity (Wildman–Crippen MR) is 69.3 cm³/mol. The number of thiophene rings is 1. The molecule has 0 spiro atoms. The Labute approximate surface area is 104 Å². The van der Waals surface area contributed by atoms with Crippen LogP contribution in [0.15, 0.2) is 29.1 Å². The molecule has 0 saturated heterocycles. The molecule has 2 aromatic rings. The van der Waals surface area contributed by atoms with E-state index in [0.717, 1.165) is 12.4 Å². The minimum absolute atomic E-state index is 0.0863. The number of carbonyl (C=O) groups is 1. The summed E-state index contributed by atoms with van der Waals surface area (Å²) < 4.78 is 1.81. The number of amides is 1. The Morgan fingerprint density at radius 3 is 3.00 bits per heavy atom. The van der Waals surface area contributed by atoms with E-state index in [0.29, 0.717) is 11.5 Å². The number of carbonyl (C=O) groups excluding carboxylic acids is 1. The highest BCUT2D eigenvalue weighted by atomic mass is 32.1. The Morgan fingerprint density at radius 1 is 1.53 bits per heavy atom. The third kappa shape index (κ3) is 2.94. The lowest BCUT2D eigenvalue weighted by Gasteiger charge is -2.10. The van der Waals surface area contributed by atoms with Gasteiger partial charge >= 0.3 is 0 Å². The van der Waals surface area contributed by atoms with Crippen molar-refractivity contribution in [2.45, 2.75) is 20.4 Å². The van der Waals surface area contributed by atoms with Gasteiger partial charge in [0.25, 0.3) is 5.91 Å². The molecule has 0 atom stereocenters. The average Bonchev–Trinajstić information content (AvgIpc) is 2.89. The second-order valence-electron chi connectivity index (χ2n) is 4.26. The summed E-state index contributed by atoms with van der Waals surface area (Å²) in [6.45, 7) is 5.03. The van der Waals surface area contributed by atoms with Crippen LogP contribution in [0.1, 0.15) is 24.2 Å².